The summed E-state index contributed by atoms with van der Waals surface area (Å²) in [7, 11) is 4.05. The van der Waals surface area contributed by atoms with E-state index in [1.54, 1.807) is 57.3 Å². The molecule has 0 spiro atoms. The van der Waals surface area contributed by atoms with Crippen molar-refractivity contribution in [2.24, 2.45) is 11.8 Å². The number of amides is 2. The first-order chi connectivity index (χ1) is 21.7. The first kappa shape index (κ1) is 33.2. The molecule has 2 atom stereocenters. The molecule has 5 rings (SSSR count). The van der Waals surface area contributed by atoms with Gasteiger partial charge in [0, 0.05) is 36.8 Å². The maximum atomic E-state index is 13.1. The Bertz CT molecular complexity index is 1530. The highest BCUT2D eigenvalue weighted by atomic mass is 19.4. The third kappa shape index (κ3) is 7.97. The first-order valence-electron chi connectivity index (χ1n) is 15.4. The van der Waals surface area contributed by atoms with Crippen LogP contribution in [-0.2, 0) is 17.5 Å². The van der Waals surface area contributed by atoms with Crippen LogP contribution in [0.2, 0.25) is 0 Å². The molecule has 46 heavy (non-hydrogen) atoms. The highest BCUT2D eigenvalue weighted by Gasteiger charge is 2.79. The van der Waals surface area contributed by atoms with E-state index in [2.05, 4.69) is 30.7 Å². The Hall–Kier alpha value is -4.16. The highest BCUT2D eigenvalue weighted by molar-refractivity contribution is 6.05. The average molecular weight is 639 g/mol. The molecule has 3 aromatic rings. The molecule has 2 fully saturated rings. The van der Waals surface area contributed by atoms with E-state index in [1.165, 1.54) is 12.1 Å². The minimum absolute atomic E-state index is 0.210. The van der Waals surface area contributed by atoms with E-state index >= 15 is 0 Å². The summed E-state index contributed by atoms with van der Waals surface area (Å²) >= 11 is 0. The summed E-state index contributed by atoms with van der Waals surface area (Å²) in [6.07, 6.45) is -1.34. The van der Waals surface area contributed by atoms with Gasteiger partial charge >= 0.3 is 12.3 Å². The second kappa shape index (κ2) is 12.9. The largest absolute Gasteiger partial charge is 0.444 e. The number of hydrogen-bond acceptors (Lipinski definition) is 7. The predicted molar refractivity (Wildman–Crippen MR) is 171 cm³/mol. The molecule has 2 aliphatic carbocycles. The number of ether oxygens (including phenoxy) is 1. The monoisotopic (exact) mass is 638 g/mol. The lowest BCUT2D eigenvalue weighted by atomic mass is 10.1. The van der Waals surface area contributed by atoms with Crippen LogP contribution in [0, 0.1) is 11.8 Å². The standard InChI is InChI=1S/C34H41F3N6O3/c1-32(2,3)46-31(45)40-28-10-7-6-9-27(28)39-30(44)29-16-11-22(20-38-29)21-43(18-8-17-42(4)5)33(25-19-26(25)33)41-24-14-12-23(13-15-24)34(35,36)37/h6-7,9-16,20,25-26,41H,8,17-19,21H2,1-5H3,(H,39,44)(H,40,45). The summed E-state index contributed by atoms with van der Waals surface area (Å²) in [5.41, 5.74) is 0.902. The SMILES string of the molecule is CN(C)CCCN(Cc1ccc(C(=O)Nc2ccccc2NC(=O)OC(C)(C)C)nc1)C1(Nc2ccc(C(F)(F)F)cc2)C2CC21. The lowest BCUT2D eigenvalue weighted by Crippen LogP contribution is -2.49. The molecular weight excluding hydrogens is 597 g/mol. The number of nitrogens with zero attached hydrogens (tertiary/aromatic N) is 3. The van der Waals surface area contributed by atoms with E-state index in [4.69, 9.17) is 4.74 Å². The molecule has 12 heteroatoms. The number of carbonyl (C=O) groups is 2. The Kier molecular flexibility index (Phi) is 9.33. The first-order valence-corrected chi connectivity index (χ1v) is 15.4. The van der Waals surface area contributed by atoms with Crippen LogP contribution in [0.1, 0.15) is 55.2 Å². The summed E-state index contributed by atoms with van der Waals surface area (Å²) in [6, 6.07) is 15.6. The van der Waals surface area contributed by atoms with Crippen molar-refractivity contribution in [3.05, 3.63) is 83.7 Å². The molecule has 1 heterocycles. The summed E-state index contributed by atoms with van der Waals surface area (Å²) in [6.45, 7) is 7.53. The molecule has 2 aliphatic rings. The molecule has 9 nitrogen and oxygen atoms in total. The predicted octanol–water partition coefficient (Wildman–Crippen LogP) is 6.91. The van der Waals surface area contributed by atoms with Crippen LogP contribution in [0.5, 0.6) is 0 Å². The van der Waals surface area contributed by atoms with Gasteiger partial charge in [0.1, 0.15) is 11.3 Å². The van der Waals surface area contributed by atoms with E-state index in [9.17, 15) is 22.8 Å². The van der Waals surface area contributed by atoms with Crippen molar-refractivity contribution < 1.29 is 27.5 Å². The highest BCUT2D eigenvalue weighted by Crippen LogP contribution is 2.73. The number of alkyl halides is 3. The number of para-hydroxylation sites is 2. The number of pyridine rings is 1. The Balaban J connectivity index is 1.27. The number of fused-ring (bicyclic) bond motifs is 1. The molecule has 246 valence electrons. The van der Waals surface area contributed by atoms with Gasteiger partial charge in [-0.2, -0.15) is 13.2 Å². The van der Waals surface area contributed by atoms with Crippen molar-refractivity contribution in [1.29, 1.82) is 0 Å². The number of nitrogens with one attached hydrogen (secondary N) is 3. The zero-order valence-corrected chi connectivity index (χ0v) is 26.7. The summed E-state index contributed by atoms with van der Waals surface area (Å²) in [5, 5.41) is 9.06. The van der Waals surface area contributed by atoms with Crippen molar-refractivity contribution in [1.82, 2.24) is 14.8 Å². The molecule has 0 aliphatic heterocycles. The van der Waals surface area contributed by atoms with E-state index in [0.29, 0.717) is 35.4 Å². The van der Waals surface area contributed by atoms with Crippen LogP contribution in [-0.4, -0.2) is 65.2 Å². The topological polar surface area (TPSA) is 98.8 Å². The van der Waals surface area contributed by atoms with Gasteiger partial charge in [-0.05, 0) is 102 Å². The molecule has 2 unspecified atom stereocenters. The minimum Gasteiger partial charge on any atom is -0.444 e. The van der Waals surface area contributed by atoms with Gasteiger partial charge in [-0.1, -0.05) is 18.2 Å². The van der Waals surface area contributed by atoms with Crippen LogP contribution in [0.3, 0.4) is 0 Å². The fraction of sp³-hybridized carbons (Fsp3) is 0.441. The third-order valence-electron chi connectivity index (χ3n) is 8.17. The van der Waals surface area contributed by atoms with E-state index in [0.717, 1.165) is 43.6 Å². The van der Waals surface area contributed by atoms with Gasteiger partial charge in [-0.15, -0.1) is 0 Å². The fourth-order valence-corrected chi connectivity index (χ4v) is 5.77. The Morgan fingerprint density at radius 1 is 0.935 bits per heavy atom. The quantitative estimate of drug-likeness (QED) is 0.186. The summed E-state index contributed by atoms with van der Waals surface area (Å²) in [4.78, 5) is 34.3. The number of anilines is 3. The van der Waals surface area contributed by atoms with Gasteiger partial charge < -0.3 is 20.3 Å². The zero-order chi connectivity index (χ0) is 33.3. The molecule has 2 aromatic carbocycles. The second-order valence-electron chi connectivity index (χ2n) is 13.2. The Morgan fingerprint density at radius 2 is 1.59 bits per heavy atom. The Labute approximate surface area is 267 Å². The van der Waals surface area contributed by atoms with E-state index in [-0.39, 0.29) is 11.4 Å². The van der Waals surface area contributed by atoms with Crippen LogP contribution >= 0.6 is 0 Å². The molecule has 1 aromatic heterocycles. The van der Waals surface area contributed by atoms with Crippen molar-refractivity contribution in [2.75, 3.05) is 43.1 Å². The average Bonchev–Trinajstić information content (AvgIpc) is 3.88. The van der Waals surface area contributed by atoms with Gasteiger partial charge in [-0.25, -0.2) is 4.79 Å². The molecule has 0 saturated heterocycles. The van der Waals surface area contributed by atoms with Gasteiger partial charge in [0.15, 0.2) is 0 Å². The van der Waals surface area contributed by atoms with Crippen molar-refractivity contribution in [2.45, 2.75) is 57.6 Å². The number of halogens is 3. The molecule has 2 amide bonds. The smallest absolute Gasteiger partial charge is 0.416 e. The summed E-state index contributed by atoms with van der Waals surface area (Å²) < 4.78 is 44.7. The molecule has 2 saturated carbocycles. The third-order valence-corrected chi connectivity index (χ3v) is 8.17. The van der Waals surface area contributed by atoms with Crippen LogP contribution in [0.25, 0.3) is 0 Å². The number of aromatic nitrogens is 1. The Morgan fingerprint density at radius 3 is 2.11 bits per heavy atom. The van der Waals surface area contributed by atoms with Crippen LogP contribution in [0.4, 0.5) is 35.0 Å². The zero-order valence-electron chi connectivity index (χ0n) is 26.7. The van der Waals surface area contributed by atoms with E-state index < -0.39 is 29.3 Å². The van der Waals surface area contributed by atoms with Gasteiger partial charge in [0.2, 0.25) is 0 Å². The van der Waals surface area contributed by atoms with Crippen molar-refractivity contribution in [3.8, 4) is 0 Å². The van der Waals surface area contributed by atoms with Crippen molar-refractivity contribution in [3.63, 3.8) is 0 Å². The molecule has 0 bridgehead atoms. The fourth-order valence-electron chi connectivity index (χ4n) is 5.77. The molecular formula is C34H41F3N6O3. The maximum Gasteiger partial charge on any atom is 0.416 e. The molecule has 0 radical (unpaired) electrons. The van der Waals surface area contributed by atoms with Gasteiger partial charge in [-0.3, -0.25) is 20.0 Å². The second-order valence-corrected chi connectivity index (χ2v) is 13.2. The van der Waals surface area contributed by atoms with E-state index in [1.807, 2.05) is 20.2 Å². The van der Waals surface area contributed by atoms with Gasteiger partial charge in [0.05, 0.1) is 22.6 Å². The lowest BCUT2D eigenvalue weighted by Gasteiger charge is -2.38. The number of carbonyl (C=O) groups excluding carboxylic acids is 2. The number of benzene rings is 2. The normalized spacial score (nSPS) is 20.2. The van der Waals surface area contributed by atoms with Crippen LogP contribution < -0.4 is 16.0 Å². The molecule has 3 N–H and O–H groups in total. The summed E-state index contributed by atoms with van der Waals surface area (Å²) in [5.74, 6) is 0.430. The number of rotatable bonds is 12. The van der Waals surface area contributed by atoms with Gasteiger partial charge in [0.25, 0.3) is 5.91 Å². The van der Waals surface area contributed by atoms with Crippen LogP contribution in [0.15, 0.2) is 66.9 Å². The lowest BCUT2D eigenvalue weighted by molar-refractivity contribution is -0.137. The number of hydrogen-bond donors (Lipinski definition) is 3. The minimum atomic E-state index is -4.38. The maximum absolute atomic E-state index is 13.1. The van der Waals surface area contributed by atoms with Crippen molar-refractivity contribution >= 4 is 29.1 Å².